The topological polar surface area (TPSA) is 40.5 Å². The van der Waals surface area contributed by atoms with Crippen molar-refractivity contribution in [2.45, 2.75) is 36.2 Å². The van der Waals surface area contributed by atoms with Crippen LogP contribution < -0.4 is 0 Å². The second-order valence-electron chi connectivity index (χ2n) is 5.11. The lowest BCUT2D eigenvalue weighted by molar-refractivity contribution is 0.0155. The largest absolute Gasteiger partial charge is 0.388 e. The molecule has 1 aliphatic rings. The molecule has 98 valence electrons. The smallest absolute Gasteiger partial charge is 0.254 e. The third kappa shape index (κ3) is 2.87. The fourth-order valence-corrected chi connectivity index (χ4v) is 2.82. The van der Waals surface area contributed by atoms with Crippen molar-refractivity contribution in [3.8, 4) is 0 Å². The molecule has 0 heterocycles. The summed E-state index contributed by atoms with van der Waals surface area (Å²) in [5, 5.41) is 10.3. The van der Waals surface area contributed by atoms with Gasteiger partial charge in [0.1, 0.15) is 0 Å². The van der Waals surface area contributed by atoms with Crippen LogP contribution in [0.25, 0.3) is 0 Å². The number of rotatable bonds is 3. The van der Waals surface area contributed by atoms with E-state index in [1.165, 1.54) is 0 Å². The molecular formula is C14H19NO2S. The number of amides is 1. The first-order valence-electron chi connectivity index (χ1n) is 6.28. The average molecular weight is 265 g/mol. The van der Waals surface area contributed by atoms with E-state index in [-0.39, 0.29) is 5.91 Å². The summed E-state index contributed by atoms with van der Waals surface area (Å²) in [7, 11) is 1.73. The second-order valence-corrected chi connectivity index (χ2v) is 5.59. The lowest BCUT2D eigenvalue weighted by atomic mass is 10.0. The molecule has 1 amide bonds. The van der Waals surface area contributed by atoms with Gasteiger partial charge in [0.2, 0.25) is 0 Å². The minimum Gasteiger partial charge on any atom is -0.388 e. The first-order valence-corrected chi connectivity index (χ1v) is 6.72. The Morgan fingerprint density at radius 1 is 1.39 bits per heavy atom. The van der Waals surface area contributed by atoms with Crippen LogP contribution in [0.15, 0.2) is 29.2 Å². The van der Waals surface area contributed by atoms with Crippen LogP contribution in [0.2, 0.25) is 0 Å². The molecule has 2 rings (SSSR count). The number of benzene rings is 1. The standard InChI is InChI=1S/C14H19NO2S/c1-15(10-14(17)8-4-5-9-14)13(16)11-6-2-3-7-12(11)18/h2-3,6-7,17-18H,4-5,8-10H2,1H3. The average Bonchev–Trinajstić information content (AvgIpc) is 2.75. The maximum absolute atomic E-state index is 12.3. The van der Waals surface area contributed by atoms with Gasteiger partial charge in [-0.3, -0.25) is 4.79 Å². The molecular weight excluding hydrogens is 246 g/mol. The SMILES string of the molecule is CN(CC1(O)CCCC1)C(=O)c1ccccc1S. The third-order valence-electron chi connectivity index (χ3n) is 3.55. The number of hydrogen-bond donors (Lipinski definition) is 2. The maximum atomic E-state index is 12.3. The number of likely N-dealkylation sites (N-methyl/N-ethyl adjacent to an activating group) is 1. The molecule has 18 heavy (non-hydrogen) atoms. The van der Waals surface area contributed by atoms with Crippen LogP contribution in [0.1, 0.15) is 36.0 Å². The molecule has 0 atom stereocenters. The summed E-state index contributed by atoms with van der Waals surface area (Å²) in [6, 6.07) is 7.24. The molecule has 0 aliphatic heterocycles. The highest BCUT2D eigenvalue weighted by Gasteiger charge is 2.33. The summed E-state index contributed by atoms with van der Waals surface area (Å²) < 4.78 is 0. The number of carbonyl (C=O) groups excluding carboxylic acids is 1. The molecule has 0 bridgehead atoms. The van der Waals surface area contributed by atoms with Crippen molar-refractivity contribution in [3.05, 3.63) is 29.8 Å². The summed E-state index contributed by atoms with van der Waals surface area (Å²) in [4.78, 5) is 14.5. The second kappa shape index (κ2) is 5.33. The van der Waals surface area contributed by atoms with Crippen LogP contribution in [-0.2, 0) is 0 Å². The monoisotopic (exact) mass is 265 g/mol. The number of nitrogens with zero attached hydrogens (tertiary/aromatic N) is 1. The number of carbonyl (C=O) groups is 1. The number of hydrogen-bond acceptors (Lipinski definition) is 3. The van der Waals surface area contributed by atoms with Gasteiger partial charge < -0.3 is 10.0 Å². The van der Waals surface area contributed by atoms with Crippen LogP contribution >= 0.6 is 12.6 Å². The van der Waals surface area contributed by atoms with E-state index >= 15 is 0 Å². The predicted octanol–water partition coefficient (Wildman–Crippen LogP) is 2.35. The van der Waals surface area contributed by atoms with E-state index in [4.69, 9.17) is 0 Å². The van der Waals surface area contributed by atoms with Crippen molar-refractivity contribution in [1.82, 2.24) is 4.90 Å². The van der Waals surface area contributed by atoms with Crippen LogP contribution in [0.5, 0.6) is 0 Å². The van der Waals surface area contributed by atoms with E-state index in [1.807, 2.05) is 12.1 Å². The van der Waals surface area contributed by atoms with Crippen molar-refractivity contribution in [2.24, 2.45) is 0 Å². The van der Waals surface area contributed by atoms with Crippen LogP contribution in [0.3, 0.4) is 0 Å². The zero-order chi connectivity index (χ0) is 13.2. The van der Waals surface area contributed by atoms with E-state index in [9.17, 15) is 9.90 Å². The third-order valence-corrected chi connectivity index (χ3v) is 3.94. The zero-order valence-electron chi connectivity index (χ0n) is 10.6. The van der Waals surface area contributed by atoms with Crippen molar-refractivity contribution < 1.29 is 9.90 Å². The van der Waals surface area contributed by atoms with E-state index in [2.05, 4.69) is 12.6 Å². The Morgan fingerprint density at radius 2 is 2.00 bits per heavy atom. The van der Waals surface area contributed by atoms with Gasteiger partial charge in [0.05, 0.1) is 11.2 Å². The highest BCUT2D eigenvalue weighted by Crippen LogP contribution is 2.30. The molecule has 0 aromatic heterocycles. The van der Waals surface area contributed by atoms with Gasteiger partial charge in [0.15, 0.2) is 0 Å². The van der Waals surface area contributed by atoms with Crippen LogP contribution in [-0.4, -0.2) is 35.1 Å². The summed E-state index contributed by atoms with van der Waals surface area (Å²) in [5.74, 6) is -0.0825. The molecule has 1 N–H and O–H groups in total. The van der Waals surface area contributed by atoms with Crippen LogP contribution in [0, 0.1) is 0 Å². The summed E-state index contributed by atoms with van der Waals surface area (Å²) >= 11 is 4.29. The highest BCUT2D eigenvalue weighted by molar-refractivity contribution is 7.80. The van der Waals surface area contributed by atoms with Crippen molar-refractivity contribution in [2.75, 3.05) is 13.6 Å². The lowest BCUT2D eigenvalue weighted by Crippen LogP contribution is -2.42. The van der Waals surface area contributed by atoms with E-state index in [0.717, 1.165) is 25.7 Å². The van der Waals surface area contributed by atoms with Gasteiger partial charge >= 0.3 is 0 Å². The van der Waals surface area contributed by atoms with E-state index in [0.29, 0.717) is 17.0 Å². The van der Waals surface area contributed by atoms with Crippen molar-refractivity contribution >= 4 is 18.5 Å². The van der Waals surface area contributed by atoms with Gasteiger partial charge in [-0.1, -0.05) is 25.0 Å². The molecule has 1 aromatic carbocycles. The Labute approximate surface area is 113 Å². The fourth-order valence-electron chi connectivity index (χ4n) is 2.56. The molecule has 1 fully saturated rings. The molecule has 0 spiro atoms. The van der Waals surface area contributed by atoms with Gasteiger partial charge in [0, 0.05) is 18.5 Å². The predicted molar refractivity (Wildman–Crippen MR) is 74.1 cm³/mol. The Hall–Kier alpha value is -1.00. The Bertz CT molecular complexity index is 441. The normalized spacial score (nSPS) is 17.7. The molecule has 1 aliphatic carbocycles. The molecule has 1 aromatic rings. The van der Waals surface area contributed by atoms with E-state index < -0.39 is 5.60 Å². The summed E-state index contributed by atoms with van der Waals surface area (Å²) in [6.07, 6.45) is 3.66. The summed E-state index contributed by atoms with van der Waals surface area (Å²) in [6.45, 7) is 0.397. The van der Waals surface area contributed by atoms with Gasteiger partial charge in [-0.05, 0) is 25.0 Å². The minimum absolute atomic E-state index is 0.0825. The van der Waals surface area contributed by atoms with Gasteiger partial charge in [-0.25, -0.2) is 0 Å². The molecule has 0 unspecified atom stereocenters. The van der Waals surface area contributed by atoms with Gasteiger partial charge in [-0.15, -0.1) is 12.6 Å². The zero-order valence-corrected chi connectivity index (χ0v) is 11.5. The minimum atomic E-state index is -0.698. The Balaban J connectivity index is 2.07. The molecule has 1 saturated carbocycles. The highest BCUT2D eigenvalue weighted by atomic mass is 32.1. The number of aliphatic hydroxyl groups is 1. The summed E-state index contributed by atoms with van der Waals surface area (Å²) in [5.41, 5.74) is -0.111. The first kappa shape index (κ1) is 13.4. The van der Waals surface area contributed by atoms with Gasteiger partial charge in [-0.2, -0.15) is 0 Å². The lowest BCUT2D eigenvalue weighted by Gasteiger charge is -2.28. The first-order chi connectivity index (χ1) is 8.52. The number of thiol groups is 1. The van der Waals surface area contributed by atoms with Crippen LogP contribution in [0.4, 0.5) is 0 Å². The molecule has 0 radical (unpaired) electrons. The maximum Gasteiger partial charge on any atom is 0.254 e. The Morgan fingerprint density at radius 3 is 2.61 bits per heavy atom. The van der Waals surface area contributed by atoms with E-state index in [1.54, 1.807) is 24.1 Å². The molecule has 4 heteroatoms. The van der Waals surface area contributed by atoms with Crippen molar-refractivity contribution in [1.29, 1.82) is 0 Å². The Kier molecular flexibility index (Phi) is 3.97. The van der Waals surface area contributed by atoms with Crippen molar-refractivity contribution in [3.63, 3.8) is 0 Å². The fraction of sp³-hybridized carbons (Fsp3) is 0.500. The van der Waals surface area contributed by atoms with Gasteiger partial charge in [0.25, 0.3) is 5.91 Å². The quantitative estimate of drug-likeness (QED) is 0.824. The molecule has 3 nitrogen and oxygen atoms in total. The molecule has 0 saturated heterocycles.